The number of hydrogen-bond donors (Lipinski definition) is 1. The lowest BCUT2D eigenvalue weighted by Gasteiger charge is -2.14. The fraction of sp³-hybridized carbons (Fsp3) is 0.176. The van der Waals surface area contributed by atoms with Crippen molar-refractivity contribution in [3.8, 4) is 0 Å². The fourth-order valence-electron chi connectivity index (χ4n) is 1.86. The van der Waals surface area contributed by atoms with E-state index in [1.807, 2.05) is 36.6 Å². The zero-order chi connectivity index (χ0) is 15.9. The van der Waals surface area contributed by atoms with Crippen LogP contribution in [0, 0.1) is 0 Å². The van der Waals surface area contributed by atoms with Gasteiger partial charge >= 0.3 is 5.97 Å². The predicted molar refractivity (Wildman–Crippen MR) is 88.2 cm³/mol. The molecule has 0 fully saturated rings. The van der Waals surface area contributed by atoms with Gasteiger partial charge in [-0.15, -0.1) is 11.8 Å². The van der Waals surface area contributed by atoms with Crippen LogP contribution < -0.4 is 5.32 Å². The Morgan fingerprint density at radius 1 is 1.05 bits per heavy atom. The topological polar surface area (TPSA) is 55.4 Å². The first-order valence-corrected chi connectivity index (χ1v) is 8.04. The van der Waals surface area contributed by atoms with Crippen molar-refractivity contribution in [1.29, 1.82) is 0 Å². The number of carbonyl (C=O) groups is 2. The molecule has 1 amide bonds. The number of esters is 1. The van der Waals surface area contributed by atoms with Crippen LogP contribution >= 0.6 is 11.8 Å². The van der Waals surface area contributed by atoms with Crippen LogP contribution in [0.15, 0.2) is 59.5 Å². The molecule has 0 saturated carbocycles. The van der Waals surface area contributed by atoms with Crippen molar-refractivity contribution in [2.24, 2.45) is 0 Å². The zero-order valence-corrected chi connectivity index (χ0v) is 13.2. The van der Waals surface area contributed by atoms with Crippen LogP contribution in [0.1, 0.15) is 17.3 Å². The third kappa shape index (κ3) is 4.11. The summed E-state index contributed by atoms with van der Waals surface area (Å²) in [5, 5.41) is 2.71. The smallest absolute Gasteiger partial charge is 0.340 e. The number of thioether (sulfide) groups is 1. The minimum absolute atomic E-state index is 0.360. The van der Waals surface area contributed by atoms with E-state index < -0.39 is 12.1 Å². The fourth-order valence-corrected chi connectivity index (χ4v) is 2.44. The van der Waals surface area contributed by atoms with Gasteiger partial charge in [0, 0.05) is 10.6 Å². The number of amides is 1. The van der Waals surface area contributed by atoms with E-state index in [-0.39, 0.29) is 5.91 Å². The van der Waals surface area contributed by atoms with Crippen molar-refractivity contribution in [1.82, 2.24) is 0 Å². The second-order valence-electron chi connectivity index (χ2n) is 4.60. The first kappa shape index (κ1) is 16.1. The SMILES string of the molecule is CSc1ccccc1C(=O)OC(C)C(=O)Nc1ccccc1. The van der Waals surface area contributed by atoms with E-state index in [2.05, 4.69) is 5.32 Å². The van der Waals surface area contributed by atoms with E-state index in [0.717, 1.165) is 4.90 Å². The molecule has 0 aliphatic heterocycles. The van der Waals surface area contributed by atoms with Gasteiger partial charge in [-0.05, 0) is 37.4 Å². The van der Waals surface area contributed by atoms with E-state index >= 15 is 0 Å². The lowest BCUT2D eigenvalue weighted by atomic mass is 10.2. The summed E-state index contributed by atoms with van der Waals surface area (Å²) in [7, 11) is 0. The molecule has 0 radical (unpaired) electrons. The number of anilines is 1. The van der Waals surface area contributed by atoms with E-state index in [9.17, 15) is 9.59 Å². The Morgan fingerprint density at radius 2 is 1.68 bits per heavy atom. The average molecular weight is 315 g/mol. The van der Waals surface area contributed by atoms with Crippen LogP contribution in [-0.4, -0.2) is 24.2 Å². The van der Waals surface area contributed by atoms with Crippen LogP contribution in [0.4, 0.5) is 5.69 Å². The molecule has 1 N–H and O–H groups in total. The van der Waals surface area contributed by atoms with Crippen molar-refractivity contribution in [3.05, 3.63) is 60.2 Å². The molecule has 4 nitrogen and oxygen atoms in total. The van der Waals surface area contributed by atoms with Crippen molar-refractivity contribution in [3.63, 3.8) is 0 Å². The summed E-state index contributed by atoms with van der Waals surface area (Å²) in [6, 6.07) is 16.2. The van der Waals surface area contributed by atoms with Gasteiger partial charge in [0.05, 0.1) is 5.56 Å². The molecule has 1 unspecified atom stereocenters. The first-order chi connectivity index (χ1) is 10.6. The largest absolute Gasteiger partial charge is 0.449 e. The third-order valence-corrected chi connectivity index (χ3v) is 3.82. The maximum atomic E-state index is 12.2. The van der Waals surface area contributed by atoms with Crippen molar-refractivity contribution in [2.75, 3.05) is 11.6 Å². The van der Waals surface area contributed by atoms with Crippen molar-refractivity contribution >= 4 is 29.3 Å². The highest BCUT2D eigenvalue weighted by Crippen LogP contribution is 2.21. The number of benzene rings is 2. The summed E-state index contributed by atoms with van der Waals surface area (Å²) in [4.78, 5) is 25.0. The predicted octanol–water partition coefficient (Wildman–Crippen LogP) is 3.59. The lowest BCUT2D eigenvalue weighted by Crippen LogP contribution is -2.30. The van der Waals surface area contributed by atoms with Gasteiger partial charge in [0.2, 0.25) is 0 Å². The average Bonchev–Trinajstić information content (AvgIpc) is 2.55. The summed E-state index contributed by atoms with van der Waals surface area (Å²) >= 11 is 1.46. The van der Waals surface area contributed by atoms with Gasteiger partial charge in [-0.1, -0.05) is 30.3 Å². The van der Waals surface area contributed by atoms with Gasteiger partial charge in [-0.25, -0.2) is 4.79 Å². The van der Waals surface area contributed by atoms with Crippen LogP contribution in [0.2, 0.25) is 0 Å². The summed E-state index contributed by atoms with van der Waals surface area (Å²) in [6.45, 7) is 1.55. The van der Waals surface area contributed by atoms with Crippen LogP contribution in [-0.2, 0) is 9.53 Å². The molecule has 1 atom stereocenters. The highest BCUT2D eigenvalue weighted by atomic mass is 32.2. The summed E-state index contributed by atoms with van der Waals surface area (Å²) < 4.78 is 5.25. The van der Waals surface area contributed by atoms with E-state index in [1.54, 1.807) is 31.2 Å². The minimum Gasteiger partial charge on any atom is -0.449 e. The van der Waals surface area contributed by atoms with E-state index in [4.69, 9.17) is 4.74 Å². The Morgan fingerprint density at radius 3 is 2.36 bits per heavy atom. The van der Waals surface area contributed by atoms with Gasteiger partial charge in [0.1, 0.15) is 0 Å². The number of nitrogens with one attached hydrogen (secondary N) is 1. The quantitative estimate of drug-likeness (QED) is 0.676. The zero-order valence-electron chi connectivity index (χ0n) is 12.4. The Hall–Kier alpha value is -2.27. The van der Waals surface area contributed by atoms with Gasteiger partial charge in [-0.3, -0.25) is 4.79 Å². The van der Waals surface area contributed by atoms with Gasteiger partial charge in [0.15, 0.2) is 6.10 Å². The maximum absolute atomic E-state index is 12.2. The molecule has 0 saturated heterocycles. The minimum atomic E-state index is -0.873. The third-order valence-electron chi connectivity index (χ3n) is 3.02. The van der Waals surface area contributed by atoms with Gasteiger partial charge in [-0.2, -0.15) is 0 Å². The summed E-state index contributed by atoms with van der Waals surface area (Å²) in [5.74, 6) is -0.859. The standard InChI is InChI=1S/C17H17NO3S/c1-12(16(19)18-13-8-4-3-5-9-13)21-17(20)14-10-6-7-11-15(14)22-2/h3-12H,1-2H3,(H,18,19). The Kier molecular flexibility index (Phi) is 5.61. The van der Waals surface area contributed by atoms with Crippen molar-refractivity contribution < 1.29 is 14.3 Å². The van der Waals surface area contributed by atoms with Crippen LogP contribution in [0.5, 0.6) is 0 Å². The number of hydrogen-bond acceptors (Lipinski definition) is 4. The molecule has 0 aliphatic carbocycles. The number of carbonyl (C=O) groups excluding carboxylic acids is 2. The van der Waals surface area contributed by atoms with Crippen molar-refractivity contribution in [2.45, 2.75) is 17.9 Å². The monoisotopic (exact) mass is 315 g/mol. The molecule has 0 heterocycles. The van der Waals surface area contributed by atoms with Gasteiger partial charge < -0.3 is 10.1 Å². The molecule has 22 heavy (non-hydrogen) atoms. The van der Waals surface area contributed by atoms with Crippen LogP contribution in [0.3, 0.4) is 0 Å². The second kappa shape index (κ2) is 7.66. The molecule has 0 aliphatic rings. The first-order valence-electron chi connectivity index (χ1n) is 6.81. The molecule has 2 aromatic rings. The maximum Gasteiger partial charge on any atom is 0.340 e. The highest BCUT2D eigenvalue weighted by molar-refractivity contribution is 7.98. The van der Waals surface area contributed by atoms with E-state index in [1.165, 1.54) is 11.8 Å². The molecular weight excluding hydrogens is 298 g/mol. The molecule has 0 aromatic heterocycles. The highest BCUT2D eigenvalue weighted by Gasteiger charge is 2.20. The molecule has 0 bridgehead atoms. The molecule has 2 rings (SSSR count). The molecule has 114 valence electrons. The Balaban J connectivity index is 2.00. The molecule has 0 spiro atoms. The van der Waals surface area contributed by atoms with Gasteiger partial charge in [0.25, 0.3) is 5.91 Å². The summed E-state index contributed by atoms with van der Waals surface area (Å²) in [6.07, 6.45) is 1.01. The number of rotatable bonds is 5. The van der Waals surface area contributed by atoms with Crippen LogP contribution in [0.25, 0.3) is 0 Å². The van der Waals surface area contributed by atoms with E-state index in [0.29, 0.717) is 11.3 Å². The Bertz CT molecular complexity index is 658. The molecule has 5 heteroatoms. The number of ether oxygens (including phenoxy) is 1. The molecular formula is C17H17NO3S. The lowest BCUT2D eigenvalue weighted by molar-refractivity contribution is -0.123. The molecule has 2 aromatic carbocycles. The summed E-state index contributed by atoms with van der Waals surface area (Å²) in [5.41, 5.74) is 1.13. The second-order valence-corrected chi connectivity index (χ2v) is 5.45. The Labute approximate surface area is 133 Å². The number of para-hydroxylation sites is 1. The normalized spacial score (nSPS) is 11.5.